The topological polar surface area (TPSA) is 81.7 Å². The molecule has 142 valence electrons. The first-order valence-corrected chi connectivity index (χ1v) is 8.79. The van der Waals surface area contributed by atoms with Crippen LogP contribution in [0.4, 0.5) is 0 Å². The van der Waals surface area contributed by atoms with E-state index in [0.29, 0.717) is 28.5 Å². The predicted molar refractivity (Wildman–Crippen MR) is 101 cm³/mol. The standard InChI is InChI=1S/C20H20ClNO5/c1-3-26-17-7-5-4-6-16(17)20(25)22-12-18(23)27-13(2)19(24)14-8-10-15(21)11-9-14/h4-11,13H,3,12H2,1-2H3,(H,22,25)/t13-/m1/s1. The summed E-state index contributed by atoms with van der Waals surface area (Å²) in [6.45, 7) is 3.33. The fourth-order valence-electron chi connectivity index (χ4n) is 2.32. The molecule has 2 aromatic carbocycles. The predicted octanol–water partition coefficient (Wildman–Crippen LogP) is 3.28. The summed E-state index contributed by atoms with van der Waals surface area (Å²) in [5.41, 5.74) is 0.701. The second kappa shape index (κ2) is 9.73. The average Bonchev–Trinajstić information content (AvgIpc) is 2.67. The van der Waals surface area contributed by atoms with Gasteiger partial charge in [-0.3, -0.25) is 14.4 Å². The number of halogens is 1. The summed E-state index contributed by atoms with van der Waals surface area (Å²) < 4.78 is 10.5. The number of Topliss-reactive ketones (excluding diaryl/α,β-unsaturated/α-hetero) is 1. The Morgan fingerprint density at radius 1 is 1.07 bits per heavy atom. The van der Waals surface area contributed by atoms with Gasteiger partial charge in [0.15, 0.2) is 6.10 Å². The maximum absolute atomic E-state index is 12.2. The number of carbonyl (C=O) groups excluding carboxylic acids is 3. The van der Waals surface area contributed by atoms with Gasteiger partial charge in [0.05, 0.1) is 12.2 Å². The fraction of sp³-hybridized carbons (Fsp3) is 0.250. The lowest BCUT2D eigenvalue weighted by atomic mass is 10.1. The number of benzene rings is 2. The van der Waals surface area contributed by atoms with E-state index >= 15 is 0 Å². The SMILES string of the molecule is CCOc1ccccc1C(=O)NCC(=O)O[C@H](C)C(=O)c1ccc(Cl)cc1. The minimum absolute atomic E-state index is 0.317. The van der Waals surface area contributed by atoms with Crippen LogP contribution in [0.3, 0.4) is 0 Å². The zero-order chi connectivity index (χ0) is 19.8. The molecule has 1 N–H and O–H groups in total. The number of esters is 1. The van der Waals surface area contributed by atoms with Crippen molar-refractivity contribution in [2.75, 3.05) is 13.2 Å². The summed E-state index contributed by atoms with van der Waals surface area (Å²) in [6, 6.07) is 13.0. The van der Waals surface area contributed by atoms with E-state index in [0.717, 1.165) is 0 Å². The number of amides is 1. The summed E-state index contributed by atoms with van der Waals surface area (Å²) >= 11 is 5.79. The molecule has 0 aliphatic rings. The Morgan fingerprint density at radius 2 is 1.74 bits per heavy atom. The molecule has 0 unspecified atom stereocenters. The summed E-state index contributed by atoms with van der Waals surface area (Å²) in [7, 11) is 0. The lowest BCUT2D eigenvalue weighted by Crippen LogP contribution is -2.34. The smallest absolute Gasteiger partial charge is 0.326 e. The largest absolute Gasteiger partial charge is 0.493 e. The zero-order valence-corrected chi connectivity index (χ0v) is 15.8. The normalized spacial score (nSPS) is 11.4. The van der Waals surface area contributed by atoms with E-state index < -0.39 is 18.0 Å². The van der Waals surface area contributed by atoms with Crippen molar-refractivity contribution >= 4 is 29.3 Å². The first kappa shape index (κ1) is 20.5. The highest BCUT2D eigenvalue weighted by atomic mass is 35.5. The van der Waals surface area contributed by atoms with Crippen LogP contribution >= 0.6 is 11.6 Å². The zero-order valence-electron chi connectivity index (χ0n) is 15.0. The van der Waals surface area contributed by atoms with Gasteiger partial charge in [-0.05, 0) is 50.2 Å². The van der Waals surface area contributed by atoms with Gasteiger partial charge in [0, 0.05) is 10.6 Å². The van der Waals surface area contributed by atoms with E-state index in [-0.39, 0.29) is 12.3 Å². The van der Waals surface area contributed by atoms with Crippen LogP contribution in [0.15, 0.2) is 48.5 Å². The fourth-order valence-corrected chi connectivity index (χ4v) is 2.45. The maximum atomic E-state index is 12.2. The van der Waals surface area contributed by atoms with E-state index in [4.69, 9.17) is 21.1 Å². The van der Waals surface area contributed by atoms with E-state index in [9.17, 15) is 14.4 Å². The molecule has 0 saturated carbocycles. The second-order valence-electron chi connectivity index (χ2n) is 5.62. The molecule has 0 heterocycles. The van der Waals surface area contributed by atoms with E-state index in [2.05, 4.69) is 5.32 Å². The molecular weight excluding hydrogens is 370 g/mol. The van der Waals surface area contributed by atoms with Gasteiger partial charge in [0.1, 0.15) is 12.3 Å². The number of hydrogen-bond acceptors (Lipinski definition) is 5. The molecule has 27 heavy (non-hydrogen) atoms. The molecular formula is C20H20ClNO5. The Morgan fingerprint density at radius 3 is 2.41 bits per heavy atom. The summed E-state index contributed by atoms with van der Waals surface area (Å²) in [4.78, 5) is 36.4. The molecule has 0 radical (unpaired) electrons. The molecule has 0 aliphatic heterocycles. The van der Waals surface area contributed by atoms with Crippen molar-refractivity contribution in [1.82, 2.24) is 5.32 Å². The van der Waals surface area contributed by atoms with Gasteiger partial charge < -0.3 is 14.8 Å². The van der Waals surface area contributed by atoms with Crippen LogP contribution < -0.4 is 10.1 Å². The molecule has 7 heteroatoms. The minimum Gasteiger partial charge on any atom is -0.493 e. The third-order valence-electron chi connectivity index (χ3n) is 3.63. The van der Waals surface area contributed by atoms with Crippen LogP contribution in [-0.4, -0.2) is 36.9 Å². The number of para-hydroxylation sites is 1. The maximum Gasteiger partial charge on any atom is 0.326 e. The molecule has 0 aliphatic carbocycles. The highest BCUT2D eigenvalue weighted by molar-refractivity contribution is 6.30. The highest BCUT2D eigenvalue weighted by Gasteiger charge is 2.20. The van der Waals surface area contributed by atoms with Gasteiger partial charge in [0.2, 0.25) is 5.78 Å². The Labute approximate surface area is 162 Å². The van der Waals surface area contributed by atoms with Crippen LogP contribution in [0.1, 0.15) is 34.6 Å². The van der Waals surface area contributed by atoms with Gasteiger partial charge in [-0.15, -0.1) is 0 Å². The molecule has 1 amide bonds. The Bertz CT molecular complexity index is 819. The Hall–Kier alpha value is -2.86. The molecule has 0 spiro atoms. The quantitative estimate of drug-likeness (QED) is 0.553. The van der Waals surface area contributed by atoms with Gasteiger partial charge in [-0.2, -0.15) is 0 Å². The lowest BCUT2D eigenvalue weighted by molar-refractivity contribution is -0.145. The van der Waals surface area contributed by atoms with Crippen LogP contribution in [0.5, 0.6) is 5.75 Å². The van der Waals surface area contributed by atoms with Crippen LogP contribution in [0.25, 0.3) is 0 Å². The summed E-state index contributed by atoms with van der Waals surface area (Å²) in [5.74, 6) is -1.11. The summed E-state index contributed by atoms with van der Waals surface area (Å²) in [5, 5.41) is 2.97. The van der Waals surface area contributed by atoms with E-state index in [1.807, 2.05) is 6.92 Å². The molecule has 0 aromatic heterocycles. The van der Waals surface area contributed by atoms with Crippen molar-refractivity contribution in [3.8, 4) is 5.75 Å². The van der Waals surface area contributed by atoms with Gasteiger partial charge >= 0.3 is 5.97 Å². The summed E-state index contributed by atoms with van der Waals surface area (Å²) in [6.07, 6.45) is -0.980. The Balaban J connectivity index is 1.89. The molecule has 0 saturated heterocycles. The highest BCUT2D eigenvalue weighted by Crippen LogP contribution is 2.17. The molecule has 0 fully saturated rings. The van der Waals surface area contributed by atoms with Crippen molar-refractivity contribution in [2.24, 2.45) is 0 Å². The van der Waals surface area contributed by atoms with Crippen molar-refractivity contribution < 1.29 is 23.9 Å². The molecule has 6 nitrogen and oxygen atoms in total. The average molecular weight is 390 g/mol. The number of nitrogens with one attached hydrogen (secondary N) is 1. The van der Waals surface area contributed by atoms with E-state index in [1.54, 1.807) is 48.5 Å². The number of ketones is 1. The first-order chi connectivity index (χ1) is 12.9. The molecule has 0 bridgehead atoms. The number of carbonyl (C=O) groups is 3. The number of rotatable bonds is 8. The van der Waals surface area contributed by atoms with Crippen LogP contribution in [0.2, 0.25) is 5.02 Å². The van der Waals surface area contributed by atoms with Crippen LogP contribution in [-0.2, 0) is 9.53 Å². The number of ether oxygens (including phenoxy) is 2. The van der Waals surface area contributed by atoms with Gasteiger partial charge in [-0.25, -0.2) is 0 Å². The molecule has 2 rings (SSSR count). The minimum atomic E-state index is -0.980. The lowest BCUT2D eigenvalue weighted by Gasteiger charge is -2.13. The molecule has 1 atom stereocenters. The third-order valence-corrected chi connectivity index (χ3v) is 3.88. The van der Waals surface area contributed by atoms with Gasteiger partial charge in [0.25, 0.3) is 5.91 Å². The Kier molecular flexibility index (Phi) is 7.37. The van der Waals surface area contributed by atoms with Crippen molar-refractivity contribution in [2.45, 2.75) is 20.0 Å². The van der Waals surface area contributed by atoms with Crippen LogP contribution in [0, 0.1) is 0 Å². The van der Waals surface area contributed by atoms with Crippen molar-refractivity contribution in [1.29, 1.82) is 0 Å². The van der Waals surface area contributed by atoms with Crippen molar-refractivity contribution in [3.05, 3.63) is 64.7 Å². The third kappa shape index (κ3) is 5.82. The van der Waals surface area contributed by atoms with Gasteiger partial charge in [-0.1, -0.05) is 23.7 Å². The van der Waals surface area contributed by atoms with E-state index in [1.165, 1.54) is 6.92 Å². The first-order valence-electron chi connectivity index (χ1n) is 8.41. The second-order valence-corrected chi connectivity index (χ2v) is 6.05. The monoisotopic (exact) mass is 389 g/mol. The number of hydrogen-bond donors (Lipinski definition) is 1. The molecule has 2 aromatic rings. The van der Waals surface area contributed by atoms with Crippen molar-refractivity contribution in [3.63, 3.8) is 0 Å².